The zero-order chi connectivity index (χ0) is 14.9. The molecule has 1 saturated carbocycles. The molecule has 2 aromatic rings. The third-order valence-electron chi connectivity index (χ3n) is 4.04. The van der Waals surface area contributed by atoms with Crippen LogP contribution in [-0.4, -0.2) is 27.1 Å². The van der Waals surface area contributed by atoms with Gasteiger partial charge in [0.2, 0.25) is 0 Å². The fourth-order valence-electron chi connectivity index (χ4n) is 2.88. The van der Waals surface area contributed by atoms with Gasteiger partial charge in [-0.25, -0.2) is 0 Å². The molecule has 1 aliphatic heterocycles. The molecule has 4 nitrogen and oxygen atoms in total. The number of hydrogen-bond acceptors (Lipinski definition) is 2. The fraction of sp³-hybridized carbons (Fsp3) is 0.167. The van der Waals surface area contributed by atoms with Crippen LogP contribution in [-0.2, 0) is 13.1 Å². The molecule has 1 amide bonds. The van der Waals surface area contributed by atoms with Gasteiger partial charge in [-0.15, -0.1) is 0 Å². The van der Waals surface area contributed by atoms with Crippen molar-refractivity contribution in [3.8, 4) is 0 Å². The summed E-state index contributed by atoms with van der Waals surface area (Å²) >= 11 is 0. The summed E-state index contributed by atoms with van der Waals surface area (Å²) in [5, 5.41) is 4.55. The highest BCUT2D eigenvalue weighted by Crippen LogP contribution is 2.30. The maximum atomic E-state index is 12.7. The molecule has 0 atom stereocenters. The van der Waals surface area contributed by atoms with E-state index in [2.05, 4.69) is 17.2 Å². The molecular weight excluding hydrogens is 274 g/mol. The normalized spacial score (nSPS) is 18.7. The lowest BCUT2D eigenvalue weighted by atomic mass is 10.0. The highest BCUT2D eigenvalue weighted by Gasteiger charge is 2.29. The molecular formula is C18H16N3O. The van der Waals surface area contributed by atoms with Crippen LogP contribution in [0.25, 0.3) is 0 Å². The minimum absolute atomic E-state index is 0.0559. The van der Waals surface area contributed by atoms with Gasteiger partial charge in [0.15, 0.2) is 0 Å². The molecule has 0 unspecified atom stereocenters. The first-order chi connectivity index (χ1) is 10.8. The Morgan fingerprint density at radius 1 is 1.05 bits per heavy atom. The lowest BCUT2D eigenvalue weighted by molar-refractivity contribution is 0.0683. The molecule has 109 valence electrons. The number of fused-ring (bicyclic) bond motifs is 1. The Labute approximate surface area is 130 Å². The van der Waals surface area contributed by atoms with Crippen LogP contribution in [0.2, 0.25) is 0 Å². The van der Waals surface area contributed by atoms with Crippen LogP contribution in [0.15, 0.2) is 36.4 Å². The number of rotatable bonds is 3. The topological polar surface area (TPSA) is 38.1 Å². The first kappa shape index (κ1) is 13.6. The van der Waals surface area contributed by atoms with Gasteiger partial charge in [-0.3, -0.25) is 9.48 Å². The van der Waals surface area contributed by atoms with Crippen molar-refractivity contribution in [2.24, 2.45) is 0 Å². The standard InChI is InChI=1S/C18H16N3O/c22-18-17-12-16(15-8-4-5-9-15)19-21(17)11-10-20(18)13-14-6-2-1-3-7-14/h1-9,12H,10-11,13H2. The van der Waals surface area contributed by atoms with Crippen molar-refractivity contribution in [2.75, 3.05) is 6.54 Å². The fourth-order valence-corrected chi connectivity index (χ4v) is 2.88. The van der Waals surface area contributed by atoms with Crippen molar-refractivity contribution in [2.45, 2.75) is 13.1 Å². The van der Waals surface area contributed by atoms with Crippen LogP contribution >= 0.6 is 0 Å². The Hall–Kier alpha value is -2.10. The average Bonchev–Trinajstić information content (AvgIpc) is 3.20. The van der Waals surface area contributed by atoms with Gasteiger partial charge in [-0.2, -0.15) is 5.10 Å². The van der Waals surface area contributed by atoms with Crippen LogP contribution in [0, 0.1) is 31.6 Å². The summed E-state index contributed by atoms with van der Waals surface area (Å²) in [6.45, 7) is 2.09. The average molecular weight is 290 g/mol. The van der Waals surface area contributed by atoms with Crippen molar-refractivity contribution >= 4 is 5.91 Å². The second kappa shape index (κ2) is 5.59. The predicted octanol–water partition coefficient (Wildman–Crippen LogP) is 2.29. The summed E-state index contributed by atoms with van der Waals surface area (Å²) in [6.07, 6.45) is 8.00. The predicted molar refractivity (Wildman–Crippen MR) is 83.0 cm³/mol. The van der Waals surface area contributed by atoms with Gasteiger partial charge in [0, 0.05) is 19.0 Å². The Bertz CT molecular complexity index is 671. The number of aromatic nitrogens is 2. The first-order valence-corrected chi connectivity index (χ1v) is 7.44. The number of amides is 1. The molecule has 0 N–H and O–H groups in total. The molecule has 5 radical (unpaired) electrons. The van der Waals surface area contributed by atoms with E-state index in [0.29, 0.717) is 18.8 Å². The van der Waals surface area contributed by atoms with Gasteiger partial charge in [0.05, 0.1) is 12.2 Å². The highest BCUT2D eigenvalue weighted by atomic mass is 16.2. The molecule has 4 heteroatoms. The first-order valence-electron chi connectivity index (χ1n) is 7.44. The van der Waals surface area contributed by atoms with Crippen LogP contribution in [0.1, 0.15) is 21.7 Å². The van der Waals surface area contributed by atoms with E-state index in [9.17, 15) is 4.79 Å². The quantitative estimate of drug-likeness (QED) is 0.870. The molecule has 1 aliphatic carbocycles. The van der Waals surface area contributed by atoms with E-state index in [1.54, 1.807) is 0 Å². The minimum Gasteiger partial charge on any atom is -0.331 e. The van der Waals surface area contributed by atoms with Gasteiger partial charge in [-0.1, -0.05) is 30.3 Å². The second-order valence-electron chi connectivity index (χ2n) is 5.52. The number of benzene rings is 1. The molecule has 1 aromatic carbocycles. The molecule has 0 saturated heterocycles. The number of nitrogens with zero attached hydrogens (tertiary/aromatic N) is 3. The van der Waals surface area contributed by atoms with Gasteiger partial charge < -0.3 is 4.90 Å². The maximum Gasteiger partial charge on any atom is 0.272 e. The van der Waals surface area contributed by atoms with Crippen molar-refractivity contribution in [3.05, 3.63) is 85.0 Å². The van der Waals surface area contributed by atoms with E-state index in [1.807, 2.05) is 59.5 Å². The van der Waals surface area contributed by atoms with Gasteiger partial charge >= 0.3 is 0 Å². The molecule has 2 aliphatic rings. The Morgan fingerprint density at radius 2 is 1.82 bits per heavy atom. The largest absolute Gasteiger partial charge is 0.331 e. The van der Waals surface area contributed by atoms with Crippen LogP contribution in [0.4, 0.5) is 0 Å². The summed E-state index contributed by atoms with van der Waals surface area (Å²) in [5.74, 6) is 1.12. The Morgan fingerprint density at radius 3 is 2.59 bits per heavy atom. The summed E-state index contributed by atoms with van der Waals surface area (Å²) in [6, 6.07) is 12.0. The van der Waals surface area contributed by atoms with E-state index in [1.165, 1.54) is 0 Å². The lowest BCUT2D eigenvalue weighted by Gasteiger charge is -2.27. The summed E-state index contributed by atoms with van der Waals surface area (Å²) < 4.78 is 1.83. The molecule has 0 spiro atoms. The minimum atomic E-state index is 0.0559. The van der Waals surface area contributed by atoms with Crippen LogP contribution in [0.5, 0.6) is 0 Å². The third kappa shape index (κ3) is 2.43. The van der Waals surface area contributed by atoms with E-state index in [4.69, 9.17) is 0 Å². The summed E-state index contributed by atoms with van der Waals surface area (Å²) in [7, 11) is 0. The Balaban J connectivity index is 1.55. The molecule has 4 rings (SSSR count). The molecule has 1 fully saturated rings. The van der Waals surface area contributed by atoms with E-state index < -0.39 is 0 Å². The SMILES string of the molecule is O=C1c2cc([C]3[CH][CH][CH][CH]3)nn2CCN1Cc1ccccc1. The van der Waals surface area contributed by atoms with Gasteiger partial charge in [0.1, 0.15) is 5.69 Å². The molecule has 2 heterocycles. The van der Waals surface area contributed by atoms with E-state index in [0.717, 1.165) is 23.7 Å². The maximum absolute atomic E-state index is 12.7. The van der Waals surface area contributed by atoms with Crippen LogP contribution in [0.3, 0.4) is 0 Å². The summed E-state index contributed by atoms with van der Waals surface area (Å²) in [5.41, 5.74) is 2.70. The highest BCUT2D eigenvalue weighted by molar-refractivity contribution is 5.93. The molecule has 0 bridgehead atoms. The zero-order valence-corrected chi connectivity index (χ0v) is 12.1. The monoisotopic (exact) mass is 290 g/mol. The van der Waals surface area contributed by atoms with Crippen LogP contribution < -0.4 is 0 Å². The van der Waals surface area contributed by atoms with Crippen molar-refractivity contribution < 1.29 is 4.79 Å². The van der Waals surface area contributed by atoms with Crippen molar-refractivity contribution in [1.82, 2.24) is 14.7 Å². The molecule has 1 aromatic heterocycles. The van der Waals surface area contributed by atoms with E-state index >= 15 is 0 Å². The van der Waals surface area contributed by atoms with Crippen molar-refractivity contribution in [1.29, 1.82) is 0 Å². The lowest BCUT2D eigenvalue weighted by Crippen LogP contribution is -2.39. The van der Waals surface area contributed by atoms with Gasteiger partial charge in [0.25, 0.3) is 5.91 Å². The second-order valence-corrected chi connectivity index (χ2v) is 5.52. The smallest absolute Gasteiger partial charge is 0.272 e. The third-order valence-corrected chi connectivity index (χ3v) is 4.04. The zero-order valence-electron chi connectivity index (χ0n) is 12.1. The molecule has 22 heavy (non-hydrogen) atoms. The summed E-state index contributed by atoms with van der Waals surface area (Å²) in [4.78, 5) is 14.6. The van der Waals surface area contributed by atoms with Gasteiger partial charge in [-0.05, 0) is 37.3 Å². The van der Waals surface area contributed by atoms with E-state index in [-0.39, 0.29) is 5.91 Å². The number of hydrogen-bond donors (Lipinski definition) is 0. The van der Waals surface area contributed by atoms with Crippen molar-refractivity contribution in [3.63, 3.8) is 0 Å². The number of carbonyl (C=O) groups excluding carboxylic acids is 1. The number of carbonyl (C=O) groups is 1. The Kier molecular flexibility index (Phi) is 3.45.